The van der Waals surface area contributed by atoms with E-state index in [9.17, 15) is 4.79 Å². The Morgan fingerprint density at radius 2 is 1.92 bits per heavy atom. The van der Waals surface area contributed by atoms with Crippen LogP contribution in [0.3, 0.4) is 0 Å². The summed E-state index contributed by atoms with van der Waals surface area (Å²) in [5, 5.41) is 3.08. The van der Waals surface area contributed by atoms with E-state index in [1.54, 1.807) is 0 Å². The van der Waals surface area contributed by atoms with Gasteiger partial charge in [0.25, 0.3) is 0 Å². The molecule has 0 radical (unpaired) electrons. The molecule has 4 rings (SSSR count). The first-order chi connectivity index (χ1) is 11.2. The molecule has 1 aromatic carbocycles. The molecule has 6 heteroatoms. The standard InChI is InChI=1S/C18H24N2O3.ClH/c19-17-13-3-2-12(10-13)16(17)18(21)20-6-5-11-1-4-14-15(9-11)23-8-7-22-14;/h1,4,9,12-13,16-17H,2-3,5-8,10,19H2,(H,20,21);1H. The Bertz CT molecular complexity index is 608. The Hall–Kier alpha value is -1.46. The van der Waals surface area contributed by atoms with Crippen LogP contribution < -0.4 is 20.5 Å². The Kier molecular flexibility index (Phi) is 5.21. The van der Waals surface area contributed by atoms with Gasteiger partial charge in [0, 0.05) is 12.6 Å². The molecule has 0 aromatic heterocycles. The normalized spacial score (nSPS) is 29.9. The van der Waals surface area contributed by atoms with Crippen LogP contribution in [-0.4, -0.2) is 31.7 Å². The van der Waals surface area contributed by atoms with E-state index < -0.39 is 0 Å². The van der Waals surface area contributed by atoms with E-state index in [0.717, 1.165) is 29.9 Å². The van der Waals surface area contributed by atoms with Crippen LogP contribution in [0.15, 0.2) is 18.2 Å². The smallest absolute Gasteiger partial charge is 0.224 e. The molecule has 3 aliphatic rings. The SMILES string of the molecule is Cl.NC1C2CCC(C2)C1C(=O)NCCc1ccc2c(c1)OCCO2. The van der Waals surface area contributed by atoms with Gasteiger partial charge < -0.3 is 20.5 Å². The second kappa shape index (κ2) is 7.19. The zero-order chi connectivity index (χ0) is 15.8. The molecule has 2 aliphatic carbocycles. The third kappa shape index (κ3) is 3.20. The lowest BCUT2D eigenvalue weighted by atomic mass is 9.84. The van der Waals surface area contributed by atoms with Gasteiger partial charge in [-0.25, -0.2) is 0 Å². The van der Waals surface area contributed by atoms with E-state index >= 15 is 0 Å². The van der Waals surface area contributed by atoms with Crippen LogP contribution in [0.1, 0.15) is 24.8 Å². The second-order valence-corrected chi connectivity index (χ2v) is 6.96. The van der Waals surface area contributed by atoms with Gasteiger partial charge in [0.15, 0.2) is 11.5 Å². The number of carbonyl (C=O) groups is 1. The third-order valence-corrected chi connectivity index (χ3v) is 5.60. The predicted octanol–water partition coefficient (Wildman–Crippen LogP) is 1.91. The zero-order valence-corrected chi connectivity index (χ0v) is 14.5. The van der Waals surface area contributed by atoms with Crippen molar-refractivity contribution in [1.82, 2.24) is 5.32 Å². The summed E-state index contributed by atoms with van der Waals surface area (Å²) in [6.07, 6.45) is 4.30. The number of halogens is 1. The van der Waals surface area contributed by atoms with E-state index in [0.29, 0.717) is 31.6 Å². The van der Waals surface area contributed by atoms with Crippen molar-refractivity contribution >= 4 is 18.3 Å². The highest BCUT2D eigenvalue weighted by Gasteiger charge is 2.48. The Labute approximate surface area is 148 Å². The van der Waals surface area contributed by atoms with E-state index in [-0.39, 0.29) is 30.3 Å². The molecule has 1 amide bonds. The minimum atomic E-state index is 0. The van der Waals surface area contributed by atoms with E-state index in [1.165, 1.54) is 12.8 Å². The second-order valence-electron chi connectivity index (χ2n) is 6.96. The summed E-state index contributed by atoms with van der Waals surface area (Å²) in [4.78, 5) is 12.4. The Morgan fingerprint density at radius 1 is 1.17 bits per heavy atom. The van der Waals surface area contributed by atoms with Gasteiger partial charge in [-0.2, -0.15) is 0 Å². The van der Waals surface area contributed by atoms with Crippen LogP contribution in [0.2, 0.25) is 0 Å². The molecule has 2 saturated carbocycles. The molecule has 1 aromatic rings. The van der Waals surface area contributed by atoms with Crippen LogP contribution >= 0.6 is 12.4 Å². The van der Waals surface area contributed by atoms with Gasteiger partial charge in [-0.15, -0.1) is 12.4 Å². The number of fused-ring (bicyclic) bond motifs is 3. The van der Waals surface area contributed by atoms with Crippen LogP contribution in [-0.2, 0) is 11.2 Å². The van der Waals surface area contributed by atoms with Gasteiger partial charge in [0.2, 0.25) is 5.91 Å². The van der Waals surface area contributed by atoms with E-state index in [1.807, 2.05) is 18.2 Å². The summed E-state index contributed by atoms with van der Waals surface area (Å²) in [5.74, 6) is 2.83. The van der Waals surface area contributed by atoms with Crippen molar-refractivity contribution in [1.29, 1.82) is 0 Å². The molecule has 0 spiro atoms. The molecule has 4 unspecified atom stereocenters. The largest absolute Gasteiger partial charge is 0.486 e. The fourth-order valence-electron chi connectivity index (χ4n) is 4.42. The van der Waals surface area contributed by atoms with Crippen LogP contribution in [0.5, 0.6) is 11.5 Å². The maximum Gasteiger partial charge on any atom is 0.224 e. The minimum absolute atomic E-state index is 0. The van der Waals surface area contributed by atoms with Crippen LogP contribution in [0.25, 0.3) is 0 Å². The highest BCUT2D eigenvalue weighted by Crippen LogP contribution is 2.47. The van der Waals surface area contributed by atoms with Crippen molar-refractivity contribution in [2.24, 2.45) is 23.5 Å². The fourth-order valence-corrected chi connectivity index (χ4v) is 4.42. The van der Waals surface area contributed by atoms with Gasteiger partial charge in [-0.05, 0) is 55.2 Å². The van der Waals surface area contributed by atoms with E-state index in [2.05, 4.69) is 5.32 Å². The number of rotatable bonds is 4. The van der Waals surface area contributed by atoms with Crippen molar-refractivity contribution in [3.8, 4) is 11.5 Å². The first kappa shape index (κ1) is 17.4. The number of nitrogens with one attached hydrogen (secondary N) is 1. The molecule has 24 heavy (non-hydrogen) atoms. The van der Waals surface area contributed by atoms with Gasteiger partial charge in [0.05, 0.1) is 5.92 Å². The predicted molar refractivity (Wildman–Crippen MR) is 93.7 cm³/mol. The first-order valence-electron chi connectivity index (χ1n) is 8.64. The third-order valence-electron chi connectivity index (χ3n) is 5.60. The maximum absolute atomic E-state index is 12.4. The van der Waals surface area contributed by atoms with Crippen LogP contribution in [0.4, 0.5) is 0 Å². The summed E-state index contributed by atoms with van der Waals surface area (Å²) in [7, 11) is 0. The number of ether oxygens (including phenoxy) is 2. The summed E-state index contributed by atoms with van der Waals surface area (Å²) in [6.45, 7) is 1.83. The molecule has 4 atom stereocenters. The minimum Gasteiger partial charge on any atom is -0.486 e. The van der Waals surface area contributed by atoms with Gasteiger partial charge >= 0.3 is 0 Å². The number of hydrogen-bond acceptors (Lipinski definition) is 4. The lowest BCUT2D eigenvalue weighted by Crippen LogP contribution is -2.45. The number of hydrogen-bond donors (Lipinski definition) is 2. The molecular formula is C18H25ClN2O3. The van der Waals surface area contributed by atoms with Crippen LogP contribution in [0, 0.1) is 17.8 Å². The molecule has 1 heterocycles. The summed E-state index contributed by atoms with van der Waals surface area (Å²) < 4.78 is 11.1. The summed E-state index contributed by atoms with van der Waals surface area (Å²) in [5.41, 5.74) is 7.38. The molecule has 1 aliphatic heterocycles. The van der Waals surface area contributed by atoms with Crippen molar-refractivity contribution in [2.45, 2.75) is 31.7 Å². The molecule has 132 valence electrons. The highest BCUT2D eigenvalue weighted by molar-refractivity contribution is 5.85. The average molecular weight is 353 g/mol. The highest BCUT2D eigenvalue weighted by atomic mass is 35.5. The fraction of sp³-hybridized carbons (Fsp3) is 0.611. The Balaban J connectivity index is 0.00000169. The number of amides is 1. The molecule has 3 N–H and O–H groups in total. The van der Waals surface area contributed by atoms with Gasteiger partial charge in [-0.1, -0.05) is 6.07 Å². The lowest BCUT2D eigenvalue weighted by molar-refractivity contribution is -0.127. The molecule has 2 bridgehead atoms. The van der Waals surface area contributed by atoms with Gasteiger partial charge in [0.1, 0.15) is 13.2 Å². The van der Waals surface area contributed by atoms with Crippen molar-refractivity contribution in [2.75, 3.05) is 19.8 Å². The van der Waals surface area contributed by atoms with Crippen molar-refractivity contribution < 1.29 is 14.3 Å². The maximum atomic E-state index is 12.4. The molecular weight excluding hydrogens is 328 g/mol. The number of benzene rings is 1. The van der Waals surface area contributed by atoms with Gasteiger partial charge in [-0.3, -0.25) is 4.79 Å². The lowest BCUT2D eigenvalue weighted by Gasteiger charge is -2.27. The quantitative estimate of drug-likeness (QED) is 0.868. The number of carbonyl (C=O) groups excluding carboxylic acids is 1. The average Bonchev–Trinajstić information content (AvgIpc) is 3.15. The van der Waals surface area contributed by atoms with Crippen molar-refractivity contribution in [3.63, 3.8) is 0 Å². The summed E-state index contributed by atoms with van der Waals surface area (Å²) in [6, 6.07) is 6.03. The molecule has 0 saturated heterocycles. The summed E-state index contributed by atoms with van der Waals surface area (Å²) >= 11 is 0. The molecule has 5 nitrogen and oxygen atoms in total. The van der Waals surface area contributed by atoms with E-state index in [4.69, 9.17) is 15.2 Å². The Morgan fingerprint density at radius 3 is 2.67 bits per heavy atom. The monoisotopic (exact) mass is 352 g/mol. The van der Waals surface area contributed by atoms with Crippen molar-refractivity contribution in [3.05, 3.63) is 23.8 Å². The first-order valence-corrected chi connectivity index (χ1v) is 8.64. The molecule has 2 fully saturated rings. The zero-order valence-electron chi connectivity index (χ0n) is 13.7. The topological polar surface area (TPSA) is 73.6 Å². The number of nitrogens with two attached hydrogens (primary N) is 1.